The number of carbonyl (C=O) groups excluding carboxylic acids is 3. The van der Waals surface area contributed by atoms with Gasteiger partial charge in [-0.2, -0.15) is 0 Å². The summed E-state index contributed by atoms with van der Waals surface area (Å²) in [5.41, 5.74) is 1.21. The average Bonchev–Trinajstić information content (AvgIpc) is 2.73. The quantitative estimate of drug-likeness (QED) is 0.437. The monoisotopic (exact) mass is 489 g/mol. The van der Waals surface area contributed by atoms with Gasteiger partial charge in [0.15, 0.2) is 0 Å². The van der Waals surface area contributed by atoms with E-state index in [1.54, 1.807) is 25.7 Å². The number of nitrogens with zero attached hydrogens (tertiary/aromatic N) is 1. The molecule has 3 atom stereocenters. The lowest BCUT2D eigenvalue weighted by Gasteiger charge is -2.39. The molecule has 7 nitrogen and oxygen atoms in total. The summed E-state index contributed by atoms with van der Waals surface area (Å²) in [5.74, 6) is -0.384. The average molecular weight is 490 g/mol. The third kappa shape index (κ3) is 9.90. The largest absolute Gasteiger partial charge is 0.444 e. The molecule has 0 aliphatic rings. The minimum absolute atomic E-state index is 0.0832. The predicted molar refractivity (Wildman–Crippen MR) is 141 cm³/mol. The van der Waals surface area contributed by atoms with Crippen molar-refractivity contribution in [3.63, 3.8) is 0 Å². The fourth-order valence-corrected chi connectivity index (χ4v) is 3.86. The van der Waals surface area contributed by atoms with Crippen molar-refractivity contribution in [2.45, 2.75) is 118 Å². The number of hydrogen-bond donors (Lipinski definition) is 2. The van der Waals surface area contributed by atoms with E-state index in [1.807, 2.05) is 65.8 Å². The number of ether oxygens (including phenoxy) is 1. The number of benzene rings is 1. The minimum Gasteiger partial charge on any atom is -0.444 e. The molecule has 7 heteroatoms. The van der Waals surface area contributed by atoms with Crippen LogP contribution in [-0.4, -0.2) is 46.5 Å². The van der Waals surface area contributed by atoms with Crippen LogP contribution in [0, 0.1) is 5.92 Å². The number of carbonyl (C=O) groups is 3. The van der Waals surface area contributed by atoms with E-state index in [9.17, 15) is 14.4 Å². The summed E-state index contributed by atoms with van der Waals surface area (Å²) in [5, 5.41) is 5.78. The molecule has 0 saturated carbocycles. The SMILES string of the molecule is CCc1ccc(C(C(=O)NC(C)C)N(C(=O)C(CC(C)C)NC(=O)OC(C)(C)C)C(C)CC)cc1. The molecule has 3 unspecified atom stereocenters. The third-order valence-corrected chi connectivity index (χ3v) is 5.68. The van der Waals surface area contributed by atoms with Crippen LogP contribution in [-0.2, 0) is 20.7 Å². The second kappa shape index (κ2) is 13.5. The predicted octanol–water partition coefficient (Wildman–Crippen LogP) is 5.38. The van der Waals surface area contributed by atoms with Crippen molar-refractivity contribution in [3.05, 3.63) is 35.4 Å². The Labute approximate surface area is 212 Å². The first-order valence-corrected chi connectivity index (χ1v) is 12.9. The van der Waals surface area contributed by atoms with Crippen LogP contribution in [0.1, 0.15) is 99.2 Å². The van der Waals surface area contributed by atoms with Gasteiger partial charge in [-0.05, 0) is 77.8 Å². The topological polar surface area (TPSA) is 87.7 Å². The number of rotatable bonds is 11. The summed E-state index contributed by atoms with van der Waals surface area (Å²) >= 11 is 0. The van der Waals surface area contributed by atoms with Crippen molar-refractivity contribution >= 4 is 17.9 Å². The maximum atomic E-state index is 14.1. The van der Waals surface area contributed by atoms with Crippen LogP contribution in [0.5, 0.6) is 0 Å². The van der Waals surface area contributed by atoms with Crippen molar-refractivity contribution in [2.24, 2.45) is 5.92 Å². The molecule has 0 heterocycles. The first-order valence-electron chi connectivity index (χ1n) is 12.9. The van der Waals surface area contributed by atoms with Gasteiger partial charge in [0.2, 0.25) is 11.8 Å². The second-order valence-electron chi connectivity index (χ2n) is 11.0. The first-order chi connectivity index (χ1) is 16.2. The van der Waals surface area contributed by atoms with Crippen molar-refractivity contribution in [3.8, 4) is 0 Å². The Balaban J connectivity index is 3.52. The van der Waals surface area contributed by atoms with Gasteiger partial charge < -0.3 is 20.3 Å². The summed E-state index contributed by atoms with van der Waals surface area (Å²) in [6.07, 6.45) is 1.33. The zero-order valence-electron chi connectivity index (χ0n) is 23.4. The van der Waals surface area contributed by atoms with Crippen molar-refractivity contribution in [1.29, 1.82) is 0 Å². The summed E-state index contributed by atoms with van der Waals surface area (Å²) in [7, 11) is 0. The molecule has 1 rings (SSSR count). The van der Waals surface area contributed by atoms with E-state index in [-0.39, 0.29) is 29.8 Å². The highest BCUT2D eigenvalue weighted by Gasteiger charge is 2.38. The van der Waals surface area contributed by atoms with E-state index >= 15 is 0 Å². The Morgan fingerprint density at radius 3 is 1.94 bits per heavy atom. The van der Waals surface area contributed by atoms with Gasteiger partial charge in [0, 0.05) is 12.1 Å². The molecule has 0 fully saturated rings. The van der Waals surface area contributed by atoms with Gasteiger partial charge in [0.05, 0.1) is 0 Å². The van der Waals surface area contributed by atoms with E-state index in [2.05, 4.69) is 17.6 Å². The highest BCUT2D eigenvalue weighted by atomic mass is 16.6. The summed E-state index contributed by atoms with van der Waals surface area (Å²) < 4.78 is 5.44. The van der Waals surface area contributed by atoms with Crippen LogP contribution in [0.4, 0.5) is 4.79 Å². The lowest BCUT2D eigenvalue weighted by atomic mass is 9.96. The van der Waals surface area contributed by atoms with Crippen LogP contribution < -0.4 is 10.6 Å². The summed E-state index contributed by atoms with van der Waals surface area (Å²) in [4.78, 5) is 41.9. The number of aryl methyl sites for hydroxylation is 1. The first kappa shape index (κ1) is 30.5. The Hall–Kier alpha value is -2.57. The molecule has 0 bridgehead atoms. The fourth-order valence-electron chi connectivity index (χ4n) is 3.86. The Morgan fingerprint density at radius 2 is 1.51 bits per heavy atom. The molecule has 0 spiro atoms. The minimum atomic E-state index is -0.819. The zero-order chi connectivity index (χ0) is 26.9. The van der Waals surface area contributed by atoms with E-state index in [0.29, 0.717) is 12.8 Å². The van der Waals surface area contributed by atoms with Crippen molar-refractivity contribution < 1.29 is 19.1 Å². The molecular weight excluding hydrogens is 442 g/mol. The van der Waals surface area contributed by atoms with Gasteiger partial charge in [-0.15, -0.1) is 0 Å². The molecule has 1 aromatic rings. The molecule has 0 aliphatic heterocycles. The fraction of sp³-hybridized carbons (Fsp3) is 0.679. The van der Waals surface area contributed by atoms with Gasteiger partial charge in [-0.1, -0.05) is 52.0 Å². The van der Waals surface area contributed by atoms with Crippen molar-refractivity contribution in [1.82, 2.24) is 15.5 Å². The van der Waals surface area contributed by atoms with E-state index in [1.165, 1.54) is 0 Å². The van der Waals surface area contributed by atoms with Gasteiger partial charge in [0.1, 0.15) is 17.7 Å². The standard InChI is InChI=1S/C28H47N3O4/c1-11-20(7)31(26(33)23(17-18(3)4)30-27(34)35-28(8,9)10)24(25(32)29-19(5)6)22-15-13-21(12-2)14-16-22/h13-16,18-20,23-24H,11-12,17H2,1-10H3,(H,29,32)(H,30,34). The molecule has 0 aliphatic carbocycles. The highest BCUT2D eigenvalue weighted by Crippen LogP contribution is 2.28. The van der Waals surface area contributed by atoms with E-state index in [0.717, 1.165) is 17.5 Å². The second-order valence-corrected chi connectivity index (χ2v) is 11.0. The van der Waals surface area contributed by atoms with Gasteiger partial charge in [0.25, 0.3) is 0 Å². The lowest BCUT2D eigenvalue weighted by Crippen LogP contribution is -2.56. The van der Waals surface area contributed by atoms with Crippen LogP contribution in [0.3, 0.4) is 0 Å². The van der Waals surface area contributed by atoms with E-state index in [4.69, 9.17) is 4.74 Å². The maximum absolute atomic E-state index is 14.1. The number of hydrogen-bond acceptors (Lipinski definition) is 4. The Morgan fingerprint density at radius 1 is 0.943 bits per heavy atom. The molecule has 0 radical (unpaired) electrons. The molecule has 198 valence electrons. The van der Waals surface area contributed by atoms with Crippen molar-refractivity contribution in [2.75, 3.05) is 0 Å². The number of nitrogens with one attached hydrogen (secondary N) is 2. The zero-order valence-corrected chi connectivity index (χ0v) is 23.4. The lowest BCUT2D eigenvalue weighted by molar-refractivity contribution is -0.145. The number of amides is 3. The molecule has 35 heavy (non-hydrogen) atoms. The molecule has 0 saturated heterocycles. The van der Waals surface area contributed by atoms with Crippen LogP contribution in [0.25, 0.3) is 0 Å². The Kier molecular flexibility index (Phi) is 11.7. The van der Waals surface area contributed by atoms with E-state index < -0.39 is 23.8 Å². The molecule has 1 aromatic carbocycles. The normalized spacial score (nSPS) is 14.3. The Bertz CT molecular complexity index is 828. The molecule has 0 aromatic heterocycles. The smallest absolute Gasteiger partial charge is 0.408 e. The maximum Gasteiger partial charge on any atom is 0.408 e. The van der Waals surface area contributed by atoms with Gasteiger partial charge >= 0.3 is 6.09 Å². The van der Waals surface area contributed by atoms with Crippen LogP contribution >= 0.6 is 0 Å². The molecule has 3 amide bonds. The number of alkyl carbamates (subject to hydrolysis) is 1. The van der Waals surface area contributed by atoms with Gasteiger partial charge in [-0.25, -0.2) is 4.79 Å². The summed E-state index contributed by atoms with van der Waals surface area (Å²) in [6.45, 7) is 19.1. The highest BCUT2D eigenvalue weighted by molar-refractivity contribution is 5.92. The van der Waals surface area contributed by atoms with Crippen LogP contribution in [0.2, 0.25) is 0 Å². The van der Waals surface area contributed by atoms with Crippen LogP contribution in [0.15, 0.2) is 24.3 Å². The van der Waals surface area contributed by atoms with Gasteiger partial charge in [-0.3, -0.25) is 9.59 Å². The molecule has 2 N–H and O–H groups in total. The summed E-state index contributed by atoms with van der Waals surface area (Å²) in [6, 6.07) is 5.88. The third-order valence-electron chi connectivity index (χ3n) is 5.68. The molecular formula is C28H47N3O4.